The number of hydrogen-bond acceptors (Lipinski definition) is 3. The van der Waals surface area contributed by atoms with E-state index in [0.29, 0.717) is 11.5 Å². The number of halogens is 3. The minimum absolute atomic E-state index is 0.0264. The van der Waals surface area contributed by atoms with E-state index >= 15 is 0 Å². The molecule has 3 heterocycles. The maximum Gasteiger partial charge on any atom is 0.407 e. The summed E-state index contributed by atoms with van der Waals surface area (Å²) in [7, 11) is 0. The second-order valence-electron chi connectivity index (χ2n) is 8.81. The van der Waals surface area contributed by atoms with Crippen molar-refractivity contribution in [3.63, 3.8) is 0 Å². The van der Waals surface area contributed by atoms with Gasteiger partial charge in [0.2, 0.25) is 0 Å². The van der Waals surface area contributed by atoms with Gasteiger partial charge in [0.25, 0.3) is 0 Å². The molecule has 3 saturated heterocycles. The van der Waals surface area contributed by atoms with Gasteiger partial charge in [0.05, 0.1) is 6.04 Å². The highest BCUT2D eigenvalue weighted by atomic mass is 19.2. The largest absolute Gasteiger partial charge is 0.445 e. The van der Waals surface area contributed by atoms with Crippen molar-refractivity contribution in [2.75, 3.05) is 19.6 Å². The summed E-state index contributed by atoms with van der Waals surface area (Å²) >= 11 is 0. The lowest BCUT2D eigenvalue weighted by molar-refractivity contribution is -0.0340. The van der Waals surface area contributed by atoms with Crippen LogP contribution in [0.5, 0.6) is 0 Å². The van der Waals surface area contributed by atoms with E-state index in [1.54, 1.807) is 12.1 Å². The van der Waals surface area contributed by atoms with Crippen LogP contribution in [0.25, 0.3) is 11.1 Å². The molecule has 31 heavy (non-hydrogen) atoms. The minimum atomic E-state index is -1.47. The second kappa shape index (κ2) is 8.19. The molecule has 4 aliphatic rings. The highest BCUT2D eigenvalue weighted by molar-refractivity contribution is 5.69. The van der Waals surface area contributed by atoms with E-state index < -0.39 is 23.5 Å². The maximum absolute atomic E-state index is 14.2. The van der Waals surface area contributed by atoms with Gasteiger partial charge in [0, 0.05) is 12.1 Å². The fourth-order valence-corrected chi connectivity index (χ4v) is 5.24. The van der Waals surface area contributed by atoms with Crippen LogP contribution < -0.4 is 5.32 Å². The van der Waals surface area contributed by atoms with Gasteiger partial charge in [-0.05, 0) is 79.9 Å². The van der Waals surface area contributed by atoms with Gasteiger partial charge in [-0.3, -0.25) is 4.90 Å². The van der Waals surface area contributed by atoms with Crippen molar-refractivity contribution >= 4 is 6.09 Å². The zero-order chi connectivity index (χ0) is 21.5. The number of ether oxygens (including phenoxy) is 1. The fraction of sp³-hybridized carbons (Fsp3) is 0.458. The van der Waals surface area contributed by atoms with E-state index in [1.807, 2.05) is 6.07 Å². The molecule has 1 amide bonds. The van der Waals surface area contributed by atoms with Crippen molar-refractivity contribution in [1.29, 1.82) is 0 Å². The van der Waals surface area contributed by atoms with E-state index in [-0.39, 0.29) is 17.7 Å². The Morgan fingerprint density at radius 2 is 1.84 bits per heavy atom. The fourth-order valence-electron chi connectivity index (χ4n) is 5.24. The molecule has 3 fully saturated rings. The highest BCUT2D eigenvalue weighted by Gasteiger charge is 2.37. The van der Waals surface area contributed by atoms with Crippen LogP contribution in [0.2, 0.25) is 0 Å². The van der Waals surface area contributed by atoms with Gasteiger partial charge in [-0.25, -0.2) is 18.0 Å². The third-order valence-electron chi connectivity index (χ3n) is 6.95. The number of alkyl carbamates (subject to hydrolysis) is 1. The summed E-state index contributed by atoms with van der Waals surface area (Å²) < 4.78 is 46.9. The molecule has 0 aromatic heterocycles. The molecule has 1 N–H and O–H groups in total. The van der Waals surface area contributed by atoms with Crippen molar-refractivity contribution in [3.05, 3.63) is 58.9 Å². The third-order valence-corrected chi connectivity index (χ3v) is 6.95. The van der Waals surface area contributed by atoms with Crippen LogP contribution in [-0.4, -0.2) is 36.7 Å². The average molecular weight is 430 g/mol. The molecule has 1 aliphatic carbocycles. The van der Waals surface area contributed by atoms with Gasteiger partial charge >= 0.3 is 6.09 Å². The molecular formula is C24H25F3N2O2. The summed E-state index contributed by atoms with van der Waals surface area (Å²) in [5.74, 6) is -3.41. The first-order valence-electron chi connectivity index (χ1n) is 11.0. The van der Waals surface area contributed by atoms with Gasteiger partial charge in [-0.15, -0.1) is 0 Å². The molecule has 0 saturated carbocycles. The number of hydrogen-bond donors (Lipinski definition) is 1. The van der Waals surface area contributed by atoms with Crippen molar-refractivity contribution in [3.8, 4) is 11.1 Å². The number of piperidine rings is 3. The molecular weight excluding hydrogens is 405 g/mol. The first-order chi connectivity index (χ1) is 15.0. The maximum atomic E-state index is 14.2. The number of rotatable bonds is 3. The van der Waals surface area contributed by atoms with Crippen LogP contribution in [0.15, 0.2) is 30.3 Å². The molecule has 0 spiro atoms. The van der Waals surface area contributed by atoms with Gasteiger partial charge in [-0.2, -0.15) is 0 Å². The lowest BCUT2D eigenvalue weighted by Gasteiger charge is -2.44. The molecule has 6 rings (SSSR count). The number of carbonyl (C=O) groups excluding carboxylic acids is 1. The van der Waals surface area contributed by atoms with E-state index in [0.717, 1.165) is 68.9 Å². The van der Waals surface area contributed by atoms with Gasteiger partial charge < -0.3 is 10.1 Å². The molecule has 0 radical (unpaired) electrons. The Morgan fingerprint density at radius 3 is 2.58 bits per heavy atom. The van der Waals surface area contributed by atoms with E-state index in [2.05, 4.69) is 10.2 Å². The van der Waals surface area contributed by atoms with Gasteiger partial charge in [0.1, 0.15) is 6.10 Å². The SMILES string of the molecule is O=C(NC1CCCc2cc(-c3ccc(F)c(F)c3F)ccc21)O[C@@H]1CN2CCC1CC2. The molecule has 2 atom stereocenters. The predicted octanol–water partition coefficient (Wildman–Crippen LogP) is 4.97. The van der Waals surface area contributed by atoms with Crippen LogP contribution in [0.4, 0.5) is 18.0 Å². The van der Waals surface area contributed by atoms with Crippen LogP contribution >= 0.6 is 0 Å². The molecule has 2 aromatic carbocycles. The van der Waals surface area contributed by atoms with Crippen molar-refractivity contribution in [1.82, 2.24) is 10.2 Å². The summed E-state index contributed by atoms with van der Waals surface area (Å²) in [6, 6.07) is 7.33. The Balaban J connectivity index is 1.31. The average Bonchev–Trinajstić information content (AvgIpc) is 2.78. The number of nitrogens with one attached hydrogen (secondary N) is 1. The molecule has 164 valence electrons. The molecule has 7 heteroatoms. The minimum Gasteiger partial charge on any atom is -0.445 e. The number of nitrogens with zero attached hydrogens (tertiary/aromatic N) is 1. The molecule has 2 bridgehead atoms. The summed E-state index contributed by atoms with van der Waals surface area (Å²) in [6.45, 7) is 2.98. The number of benzene rings is 2. The van der Waals surface area contributed by atoms with Gasteiger partial charge in [-0.1, -0.05) is 18.2 Å². The Bertz CT molecular complexity index is 1000. The van der Waals surface area contributed by atoms with Crippen molar-refractivity contribution in [2.45, 2.75) is 44.2 Å². The number of aryl methyl sites for hydroxylation is 1. The standard InChI is InChI=1S/C24H25F3N2O2/c25-19-7-6-18(22(26)23(19)27)16-4-5-17-15(12-16)2-1-3-20(17)28-24(30)31-21-13-29-10-8-14(21)9-11-29/h4-7,12,14,20-21H,1-3,8-11,13H2,(H,28,30)/t20?,21-/m1/s1. The topological polar surface area (TPSA) is 41.6 Å². The number of amides is 1. The lowest BCUT2D eigenvalue weighted by Crippen LogP contribution is -2.52. The zero-order valence-corrected chi connectivity index (χ0v) is 17.2. The van der Waals surface area contributed by atoms with E-state index in [9.17, 15) is 18.0 Å². The molecule has 1 unspecified atom stereocenters. The highest BCUT2D eigenvalue weighted by Crippen LogP contribution is 2.35. The van der Waals surface area contributed by atoms with E-state index in [1.165, 1.54) is 6.07 Å². The quantitative estimate of drug-likeness (QED) is 0.700. The van der Waals surface area contributed by atoms with Crippen LogP contribution in [0.1, 0.15) is 42.9 Å². The summed E-state index contributed by atoms with van der Waals surface area (Å²) in [4.78, 5) is 14.9. The van der Waals surface area contributed by atoms with Crippen LogP contribution in [0.3, 0.4) is 0 Å². The zero-order valence-electron chi connectivity index (χ0n) is 17.2. The Labute approximate surface area is 179 Å². The normalized spacial score (nSPS) is 26.9. The second-order valence-corrected chi connectivity index (χ2v) is 8.81. The first-order valence-corrected chi connectivity index (χ1v) is 11.0. The smallest absolute Gasteiger partial charge is 0.407 e. The first kappa shape index (κ1) is 20.4. The van der Waals surface area contributed by atoms with Crippen LogP contribution in [-0.2, 0) is 11.2 Å². The lowest BCUT2D eigenvalue weighted by atomic mass is 9.85. The summed E-state index contributed by atoms with van der Waals surface area (Å²) in [5, 5.41) is 3.01. The predicted molar refractivity (Wildman–Crippen MR) is 110 cm³/mol. The number of carbonyl (C=O) groups is 1. The van der Waals surface area contributed by atoms with E-state index in [4.69, 9.17) is 4.74 Å². The van der Waals surface area contributed by atoms with Gasteiger partial charge in [0.15, 0.2) is 17.5 Å². The monoisotopic (exact) mass is 430 g/mol. The Hall–Kier alpha value is -2.54. The Morgan fingerprint density at radius 1 is 1.03 bits per heavy atom. The van der Waals surface area contributed by atoms with Crippen molar-refractivity contribution in [2.24, 2.45) is 5.92 Å². The van der Waals surface area contributed by atoms with Crippen molar-refractivity contribution < 1.29 is 22.7 Å². The summed E-state index contributed by atoms with van der Waals surface area (Å²) in [5.41, 5.74) is 2.45. The molecule has 4 nitrogen and oxygen atoms in total. The Kier molecular flexibility index (Phi) is 5.38. The third kappa shape index (κ3) is 3.91. The molecule has 2 aromatic rings. The number of fused-ring (bicyclic) bond motifs is 4. The molecule has 3 aliphatic heterocycles. The summed E-state index contributed by atoms with van der Waals surface area (Å²) in [6.07, 6.45) is 4.14. The van der Waals surface area contributed by atoms with Crippen LogP contribution in [0, 0.1) is 23.4 Å².